The summed E-state index contributed by atoms with van der Waals surface area (Å²) in [4.78, 5) is 17.4. The van der Waals surface area contributed by atoms with Crippen LogP contribution in [-0.4, -0.2) is 75.0 Å². The molecule has 3 fully saturated rings. The van der Waals surface area contributed by atoms with Gasteiger partial charge in [-0.15, -0.1) is 0 Å². The molecule has 0 aromatic heterocycles. The molecule has 0 radical (unpaired) electrons. The average molecular weight is 614 g/mol. The predicted molar refractivity (Wildman–Crippen MR) is 158 cm³/mol. The standard InChI is InChI=1S/C31H33ClFN3O5S/c1-40-30-12-10-26(42(38,39)35-14-13-25(19-35)41-20-21-5-3-2-4-6-21)16-29(30)36-23-8-9-24(36)18-34(17-23)31(37)27-11-7-22(33)15-28(27)32/h2-7,10-12,15-16,23-25H,8-9,13-14,17-20H2,1H3/t23-,24+,25-/m0/s1. The number of methoxy groups -OCH3 is 1. The number of ether oxygens (including phenoxy) is 2. The molecule has 2 bridgehead atoms. The summed E-state index contributed by atoms with van der Waals surface area (Å²) >= 11 is 6.18. The highest BCUT2D eigenvalue weighted by atomic mass is 35.5. The first-order chi connectivity index (χ1) is 20.2. The van der Waals surface area contributed by atoms with Gasteiger partial charge in [-0.25, -0.2) is 12.8 Å². The van der Waals surface area contributed by atoms with Crippen molar-refractivity contribution in [2.45, 2.75) is 49.0 Å². The Kier molecular flexibility index (Phi) is 8.15. The molecule has 11 heteroatoms. The lowest BCUT2D eigenvalue weighted by atomic mass is 10.1. The predicted octanol–water partition coefficient (Wildman–Crippen LogP) is 4.96. The zero-order chi connectivity index (χ0) is 29.4. The molecule has 3 heterocycles. The Morgan fingerprint density at radius 1 is 0.976 bits per heavy atom. The normalized spacial score (nSPS) is 22.5. The molecule has 3 aliphatic heterocycles. The smallest absolute Gasteiger partial charge is 0.255 e. The van der Waals surface area contributed by atoms with Gasteiger partial charge in [-0.3, -0.25) is 4.79 Å². The van der Waals surface area contributed by atoms with Crippen molar-refractivity contribution in [3.8, 4) is 5.75 Å². The van der Waals surface area contributed by atoms with Gasteiger partial charge >= 0.3 is 0 Å². The zero-order valence-corrected chi connectivity index (χ0v) is 24.9. The number of carbonyl (C=O) groups excluding carboxylic acids is 1. The Morgan fingerprint density at radius 2 is 1.71 bits per heavy atom. The van der Waals surface area contributed by atoms with Crippen molar-refractivity contribution in [1.29, 1.82) is 0 Å². The molecule has 42 heavy (non-hydrogen) atoms. The van der Waals surface area contributed by atoms with Gasteiger partial charge in [0.1, 0.15) is 11.6 Å². The van der Waals surface area contributed by atoms with Crippen molar-refractivity contribution in [2.75, 3.05) is 38.2 Å². The minimum atomic E-state index is -3.76. The second-order valence-corrected chi connectivity index (χ2v) is 13.4. The van der Waals surface area contributed by atoms with Crippen LogP contribution in [0.1, 0.15) is 35.2 Å². The first-order valence-electron chi connectivity index (χ1n) is 14.1. The summed E-state index contributed by atoms with van der Waals surface area (Å²) in [6, 6.07) is 18.6. The molecule has 3 aromatic rings. The third-order valence-electron chi connectivity index (χ3n) is 8.43. The van der Waals surface area contributed by atoms with E-state index >= 15 is 0 Å². The van der Waals surface area contributed by atoms with E-state index in [-0.39, 0.29) is 39.6 Å². The van der Waals surface area contributed by atoms with Crippen molar-refractivity contribution >= 4 is 33.2 Å². The van der Waals surface area contributed by atoms with Crippen LogP contribution in [-0.2, 0) is 21.4 Å². The Morgan fingerprint density at radius 3 is 2.40 bits per heavy atom. The Bertz CT molecular complexity index is 1560. The molecule has 1 amide bonds. The van der Waals surface area contributed by atoms with Crippen LogP contribution >= 0.6 is 11.6 Å². The number of benzene rings is 3. The third-order valence-corrected chi connectivity index (χ3v) is 10.6. The quantitative estimate of drug-likeness (QED) is 0.357. The number of hydrogen-bond donors (Lipinski definition) is 0. The van der Waals surface area contributed by atoms with Crippen LogP contribution in [0.2, 0.25) is 5.02 Å². The van der Waals surface area contributed by atoms with E-state index in [1.807, 2.05) is 30.3 Å². The van der Waals surface area contributed by atoms with Gasteiger partial charge in [0.15, 0.2) is 0 Å². The van der Waals surface area contributed by atoms with Gasteiger partial charge in [-0.1, -0.05) is 41.9 Å². The SMILES string of the molecule is COc1ccc(S(=O)(=O)N2CC[C@H](OCc3ccccc3)C2)cc1N1[C@@H]2CC[C@H]1CN(C(=O)c1ccc(F)cc1Cl)C2. The first-order valence-corrected chi connectivity index (χ1v) is 15.9. The van der Waals surface area contributed by atoms with Gasteiger partial charge in [-0.05, 0) is 61.2 Å². The second-order valence-electron chi connectivity index (χ2n) is 11.0. The van der Waals surface area contributed by atoms with E-state index in [0.717, 1.165) is 24.5 Å². The number of sulfonamides is 1. The van der Waals surface area contributed by atoms with Crippen LogP contribution in [0, 0.1) is 5.82 Å². The van der Waals surface area contributed by atoms with Crippen LogP contribution < -0.4 is 9.64 Å². The number of piperazine rings is 1. The molecule has 3 atom stereocenters. The molecule has 3 saturated heterocycles. The highest BCUT2D eigenvalue weighted by Crippen LogP contribution is 2.42. The highest BCUT2D eigenvalue weighted by molar-refractivity contribution is 7.89. The summed E-state index contributed by atoms with van der Waals surface area (Å²) in [5, 5.41) is 0.0870. The van der Waals surface area contributed by atoms with E-state index in [1.54, 1.807) is 30.2 Å². The first kappa shape index (κ1) is 28.9. The molecule has 0 aliphatic carbocycles. The van der Waals surface area contributed by atoms with Crippen LogP contribution in [0.5, 0.6) is 5.75 Å². The average Bonchev–Trinajstić information content (AvgIpc) is 3.58. The molecule has 0 N–H and O–H groups in total. The summed E-state index contributed by atoms with van der Waals surface area (Å²) in [7, 11) is -2.19. The third kappa shape index (κ3) is 5.60. The fourth-order valence-electron chi connectivity index (χ4n) is 6.32. The summed E-state index contributed by atoms with van der Waals surface area (Å²) in [5.41, 5.74) is 2.03. The van der Waals surface area contributed by atoms with Gasteiger partial charge in [0, 0.05) is 38.3 Å². The largest absolute Gasteiger partial charge is 0.495 e. The van der Waals surface area contributed by atoms with Gasteiger partial charge in [0.25, 0.3) is 5.91 Å². The molecule has 6 rings (SSSR count). The number of anilines is 1. The maximum absolute atomic E-state index is 13.7. The number of carbonyl (C=O) groups is 1. The molecule has 3 aromatic carbocycles. The van der Waals surface area contributed by atoms with Crippen molar-refractivity contribution < 1.29 is 27.1 Å². The van der Waals surface area contributed by atoms with Crippen LogP contribution in [0.25, 0.3) is 0 Å². The van der Waals surface area contributed by atoms with Crippen molar-refractivity contribution in [2.24, 2.45) is 0 Å². The Balaban J connectivity index is 1.18. The Hall–Kier alpha value is -3.18. The number of hydrogen-bond acceptors (Lipinski definition) is 6. The number of halogens is 2. The number of amides is 1. The molecule has 222 valence electrons. The number of nitrogens with zero attached hydrogens (tertiary/aromatic N) is 3. The summed E-state index contributed by atoms with van der Waals surface area (Å²) in [5.74, 6) is -0.150. The van der Waals surface area contributed by atoms with Crippen LogP contribution in [0.15, 0.2) is 71.6 Å². The fraction of sp³-hybridized carbons (Fsp3) is 0.387. The van der Waals surface area contributed by atoms with E-state index in [4.69, 9.17) is 21.1 Å². The van der Waals surface area contributed by atoms with Gasteiger partial charge in [-0.2, -0.15) is 4.31 Å². The van der Waals surface area contributed by atoms with E-state index in [1.165, 1.54) is 16.4 Å². The molecule has 0 saturated carbocycles. The van der Waals surface area contributed by atoms with E-state index in [2.05, 4.69) is 4.90 Å². The van der Waals surface area contributed by atoms with Crippen molar-refractivity contribution in [3.05, 3.63) is 88.7 Å². The summed E-state index contributed by atoms with van der Waals surface area (Å²) in [6.07, 6.45) is 2.15. The molecule has 8 nitrogen and oxygen atoms in total. The lowest BCUT2D eigenvalue weighted by Gasteiger charge is -2.43. The van der Waals surface area contributed by atoms with Gasteiger partial charge in [0.05, 0.1) is 41.0 Å². The van der Waals surface area contributed by atoms with E-state index in [9.17, 15) is 17.6 Å². The van der Waals surface area contributed by atoms with E-state index < -0.39 is 15.8 Å². The molecule has 0 spiro atoms. The molecular formula is C31H33ClFN3O5S. The topological polar surface area (TPSA) is 79.4 Å². The molecule has 3 aliphatic rings. The minimum absolute atomic E-state index is 0.0265. The summed E-state index contributed by atoms with van der Waals surface area (Å²) in [6.45, 7) is 2.01. The lowest BCUT2D eigenvalue weighted by molar-refractivity contribution is 0.0509. The van der Waals surface area contributed by atoms with E-state index in [0.29, 0.717) is 50.6 Å². The fourth-order valence-corrected chi connectivity index (χ4v) is 8.07. The number of rotatable bonds is 8. The van der Waals surface area contributed by atoms with Crippen LogP contribution in [0.4, 0.5) is 10.1 Å². The second kappa shape index (κ2) is 11.8. The zero-order valence-electron chi connectivity index (χ0n) is 23.3. The van der Waals surface area contributed by atoms with Gasteiger partial charge < -0.3 is 19.3 Å². The molecular weight excluding hydrogens is 581 g/mol. The van der Waals surface area contributed by atoms with Crippen molar-refractivity contribution in [1.82, 2.24) is 9.21 Å². The van der Waals surface area contributed by atoms with Gasteiger partial charge in [0.2, 0.25) is 10.0 Å². The molecule has 0 unspecified atom stereocenters. The Labute approximate surface area is 250 Å². The van der Waals surface area contributed by atoms with Crippen molar-refractivity contribution in [3.63, 3.8) is 0 Å². The minimum Gasteiger partial charge on any atom is -0.495 e. The number of likely N-dealkylation sites (tertiary alicyclic amines) is 1. The van der Waals surface area contributed by atoms with Crippen LogP contribution in [0.3, 0.4) is 0 Å². The maximum Gasteiger partial charge on any atom is 0.255 e. The monoisotopic (exact) mass is 613 g/mol. The number of fused-ring (bicyclic) bond motifs is 2. The summed E-state index contributed by atoms with van der Waals surface area (Å²) < 4.78 is 54.2. The maximum atomic E-state index is 13.7. The lowest BCUT2D eigenvalue weighted by Crippen LogP contribution is -2.55. The highest BCUT2D eigenvalue weighted by Gasteiger charge is 2.43.